The van der Waals surface area contributed by atoms with Gasteiger partial charge in [-0.05, 0) is 37.4 Å². The van der Waals surface area contributed by atoms with E-state index in [1.54, 1.807) is 0 Å². The van der Waals surface area contributed by atoms with Crippen molar-refractivity contribution in [3.8, 4) is 0 Å². The minimum absolute atomic E-state index is 0.980. The first-order chi connectivity index (χ1) is 8.83. The van der Waals surface area contributed by atoms with Crippen LogP contribution in [0.5, 0.6) is 0 Å². The zero-order valence-electron chi connectivity index (χ0n) is 12.2. The number of para-hydroxylation sites is 1. The molecule has 1 aromatic carbocycles. The van der Waals surface area contributed by atoms with E-state index in [0.717, 1.165) is 26.2 Å². The second-order valence-electron chi connectivity index (χ2n) is 4.79. The fourth-order valence-corrected chi connectivity index (χ4v) is 2.26. The molecule has 2 nitrogen and oxygen atoms in total. The third-order valence-corrected chi connectivity index (χ3v) is 3.06. The van der Waals surface area contributed by atoms with Crippen LogP contribution < -0.4 is 10.2 Å². The van der Waals surface area contributed by atoms with Gasteiger partial charge in [-0.1, -0.05) is 39.0 Å². The Bertz CT molecular complexity index is 317. The Balaban J connectivity index is 2.76. The Hall–Kier alpha value is -1.02. The van der Waals surface area contributed by atoms with Crippen molar-refractivity contribution in [2.24, 2.45) is 0 Å². The molecule has 0 radical (unpaired) electrons. The molecule has 1 aromatic rings. The normalized spacial score (nSPS) is 10.6. The van der Waals surface area contributed by atoms with Crippen LogP contribution in [-0.4, -0.2) is 19.6 Å². The molecule has 18 heavy (non-hydrogen) atoms. The largest absolute Gasteiger partial charge is 0.371 e. The van der Waals surface area contributed by atoms with Gasteiger partial charge in [0.25, 0.3) is 0 Å². The van der Waals surface area contributed by atoms with E-state index in [-0.39, 0.29) is 0 Å². The lowest BCUT2D eigenvalue weighted by molar-refractivity contribution is 0.669. The van der Waals surface area contributed by atoms with Gasteiger partial charge in [-0.25, -0.2) is 0 Å². The van der Waals surface area contributed by atoms with E-state index in [1.165, 1.54) is 30.5 Å². The van der Waals surface area contributed by atoms with Crippen molar-refractivity contribution >= 4 is 5.69 Å². The average molecular weight is 248 g/mol. The summed E-state index contributed by atoms with van der Waals surface area (Å²) in [7, 11) is 0. The maximum absolute atomic E-state index is 3.50. The van der Waals surface area contributed by atoms with Gasteiger partial charge in [-0.15, -0.1) is 0 Å². The van der Waals surface area contributed by atoms with Crippen LogP contribution in [-0.2, 0) is 6.54 Å². The fraction of sp³-hybridized carbons (Fsp3) is 0.625. The minimum Gasteiger partial charge on any atom is -0.371 e. The molecule has 0 aromatic heterocycles. The maximum atomic E-state index is 3.50. The quantitative estimate of drug-likeness (QED) is 0.668. The van der Waals surface area contributed by atoms with Crippen molar-refractivity contribution in [1.29, 1.82) is 0 Å². The minimum atomic E-state index is 0.980. The van der Waals surface area contributed by atoms with E-state index in [4.69, 9.17) is 0 Å². The highest BCUT2D eigenvalue weighted by Crippen LogP contribution is 2.21. The smallest absolute Gasteiger partial charge is 0.0411 e. The lowest BCUT2D eigenvalue weighted by atomic mass is 10.1. The van der Waals surface area contributed by atoms with Crippen molar-refractivity contribution in [2.75, 3.05) is 24.5 Å². The molecule has 102 valence electrons. The van der Waals surface area contributed by atoms with Crippen LogP contribution in [0.1, 0.15) is 45.6 Å². The van der Waals surface area contributed by atoms with Gasteiger partial charge < -0.3 is 10.2 Å². The zero-order chi connectivity index (χ0) is 13.2. The van der Waals surface area contributed by atoms with E-state index >= 15 is 0 Å². The van der Waals surface area contributed by atoms with Crippen molar-refractivity contribution in [3.05, 3.63) is 29.8 Å². The van der Waals surface area contributed by atoms with Crippen molar-refractivity contribution < 1.29 is 0 Å². The van der Waals surface area contributed by atoms with Crippen molar-refractivity contribution in [2.45, 2.75) is 46.6 Å². The van der Waals surface area contributed by atoms with E-state index < -0.39 is 0 Å². The molecule has 1 rings (SSSR count). The molecule has 0 aliphatic rings. The molecule has 0 heterocycles. The summed E-state index contributed by atoms with van der Waals surface area (Å²) in [5, 5.41) is 3.50. The first kappa shape index (κ1) is 15.0. The third kappa shape index (κ3) is 4.69. The number of nitrogens with one attached hydrogen (secondary N) is 1. The second kappa shape index (κ2) is 8.98. The number of anilines is 1. The highest BCUT2D eigenvalue weighted by Gasteiger charge is 2.08. The summed E-state index contributed by atoms with van der Waals surface area (Å²) in [6.07, 6.45) is 3.60. The van der Waals surface area contributed by atoms with E-state index in [0.29, 0.717) is 0 Å². The second-order valence-corrected chi connectivity index (χ2v) is 4.79. The highest BCUT2D eigenvalue weighted by atomic mass is 15.1. The van der Waals surface area contributed by atoms with Gasteiger partial charge in [0.15, 0.2) is 0 Å². The number of rotatable bonds is 9. The molecule has 0 saturated carbocycles. The summed E-state index contributed by atoms with van der Waals surface area (Å²) in [5.41, 5.74) is 2.83. The van der Waals surface area contributed by atoms with Crippen LogP contribution in [0.2, 0.25) is 0 Å². The number of hydrogen-bond donors (Lipinski definition) is 1. The molecule has 0 spiro atoms. The van der Waals surface area contributed by atoms with E-state index in [1.807, 2.05) is 0 Å². The lowest BCUT2D eigenvalue weighted by Gasteiger charge is -2.26. The highest BCUT2D eigenvalue weighted by molar-refractivity contribution is 5.53. The summed E-state index contributed by atoms with van der Waals surface area (Å²) < 4.78 is 0. The molecular weight excluding hydrogens is 220 g/mol. The molecule has 1 N–H and O–H groups in total. The fourth-order valence-electron chi connectivity index (χ4n) is 2.26. The van der Waals surface area contributed by atoms with Gasteiger partial charge in [-0.2, -0.15) is 0 Å². The number of hydrogen-bond acceptors (Lipinski definition) is 2. The van der Waals surface area contributed by atoms with Crippen LogP contribution in [0.3, 0.4) is 0 Å². The van der Waals surface area contributed by atoms with Gasteiger partial charge in [0.2, 0.25) is 0 Å². The Morgan fingerprint density at radius 2 is 1.61 bits per heavy atom. The van der Waals surface area contributed by atoms with Crippen molar-refractivity contribution in [3.63, 3.8) is 0 Å². The Morgan fingerprint density at radius 3 is 2.22 bits per heavy atom. The number of benzene rings is 1. The Morgan fingerprint density at radius 1 is 0.944 bits per heavy atom. The van der Waals surface area contributed by atoms with Crippen molar-refractivity contribution in [1.82, 2.24) is 5.32 Å². The molecule has 0 saturated heterocycles. The molecule has 0 unspecified atom stereocenters. The predicted molar refractivity (Wildman–Crippen MR) is 81.2 cm³/mol. The molecule has 0 aliphatic heterocycles. The summed E-state index contributed by atoms with van der Waals surface area (Å²) in [6, 6.07) is 8.80. The first-order valence-corrected chi connectivity index (χ1v) is 7.37. The average Bonchev–Trinajstić information content (AvgIpc) is 2.39. The number of nitrogens with zero attached hydrogens (tertiary/aromatic N) is 1. The molecule has 0 bridgehead atoms. The standard InChI is InChI=1S/C16H28N2/c1-4-11-17-14-15-9-7-8-10-16(15)18(12-5-2)13-6-3/h7-10,17H,4-6,11-14H2,1-3H3. The topological polar surface area (TPSA) is 15.3 Å². The van der Waals surface area contributed by atoms with Crippen LogP contribution in [0.4, 0.5) is 5.69 Å². The summed E-state index contributed by atoms with van der Waals surface area (Å²) in [4.78, 5) is 2.52. The van der Waals surface area contributed by atoms with Crippen LogP contribution >= 0.6 is 0 Å². The van der Waals surface area contributed by atoms with Gasteiger partial charge in [0.1, 0.15) is 0 Å². The summed E-state index contributed by atoms with van der Waals surface area (Å²) in [6.45, 7) is 11.1. The molecule has 0 aliphatic carbocycles. The summed E-state index contributed by atoms with van der Waals surface area (Å²) >= 11 is 0. The van der Waals surface area contributed by atoms with Gasteiger partial charge in [0, 0.05) is 25.3 Å². The van der Waals surface area contributed by atoms with Gasteiger partial charge >= 0.3 is 0 Å². The Labute approximate surface area is 112 Å². The van der Waals surface area contributed by atoms with Crippen LogP contribution in [0.15, 0.2) is 24.3 Å². The van der Waals surface area contributed by atoms with Gasteiger partial charge in [-0.3, -0.25) is 0 Å². The summed E-state index contributed by atoms with van der Waals surface area (Å²) in [5.74, 6) is 0. The van der Waals surface area contributed by atoms with Crippen LogP contribution in [0.25, 0.3) is 0 Å². The first-order valence-electron chi connectivity index (χ1n) is 7.37. The van der Waals surface area contributed by atoms with E-state index in [2.05, 4.69) is 55.3 Å². The molecule has 0 atom stereocenters. The monoisotopic (exact) mass is 248 g/mol. The van der Waals surface area contributed by atoms with E-state index in [9.17, 15) is 0 Å². The molecule has 0 amide bonds. The third-order valence-electron chi connectivity index (χ3n) is 3.06. The SMILES string of the molecule is CCCNCc1ccccc1N(CCC)CCC. The molecular formula is C16H28N2. The zero-order valence-corrected chi connectivity index (χ0v) is 12.2. The Kier molecular flexibility index (Phi) is 7.51. The lowest BCUT2D eigenvalue weighted by Crippen LogP contribution is -2.27. The predicted octanol–water partition coefficient (Wildman–Crippen LogP) is 3.81. The molecule has 0 fully saturated rings. The van der Waals surface area contributed by atoms with Crippen LogP contribution in [0, 0.1) is 0 Å². The molecule has 2 heteroatoms. The van der Waals surface area contributed by atoms with Gasteiger partial charge in [0.05, 0.1) is 0 Å². The maximum Gasteiger partial charge on any atom is 0.0411 e.